The molecule has 6 nitrogen and oxygen atoms in total. The van der Waals surface area contributed by atoms with Crippen molar-refractivity contribution < 1.29 is 24.5 Å². The van der Waals surface area contributed by atoms with Gasteiger partial charge >= 0.3 is 5.97 Å². The Morgan fingerprint density at radius 3 is 1.25 bits per heavy atom. The van der Waals surface area contributed by atoms with Gasteiger partial charge in [-0.2, -0.15) is 0 Å². The van der Waals surface area contributed by atoms with Gasteiger partial charge in [0.05, 0.1) is 25.2 Å². The maximum atomic E-state index is 13.3. The number of hydrogen-bond acceptors (Lipinski definition) is 5. The first kappa shape index (κ1) is 63.8. The third kappa shape index (κ3) is 49.0. The minimum absolute atomic E-state index is 0.0365. The molecule has 0 rings (SSSR count). The molecule has 0 spiro atoms. The molecule has 0 aliphatic heterocycles. The quantitative estimate of drug-likeness (QED) is 0.0321. The van der Waals surface area contributed by atoms with Gasteiger partial charge in [-0.05, 0) is 70.6 Å². The number of nitrogens with one attached hydrogen (secondary N) is 1. The van der Waals surface area contributed by atoms with Crippen molar-refractivity contribution in [2.24, 2.45) is 0 Å². The first-order chi connectivity index (χ1) is 33.0. The summed E-state index contributed by atoms with van der Waals surface area (Å²) in [5.74, 6) is -0.554. The molecule has 0 aliphatic carbocycles. The fraction of sp³-hybridized carbons (Fsp3) is 0.705. The lowest BCUT2D eigenvalue weighted by Gasteiger charge is -2.24. The highest BCUT2D eigenvalue weighted by atomic mass is 16.5. The molecular weight excluding hydrogens is 827 g/mol. The maximum absolute atomic E-state index is 13.3. The van der Waals surface area contributed by atoms with Crippen LogP contribution in [0.2, 0.25) is 0 Å². The SMILES string of the molecule is CC\C=C/C=C/C=C/C=C\C=C\C=C\CCCCCC(=O)OC(CCCCC/C=C/C=C/CCCCCCCCC)CC(=O)NC(CO)C(O)CCCCCCCCCCCCCCCCC. The summed E-state index contributed by atoms with van der Waals surface area (Å²) < 4.78 is 5.92. The second-order valence-electron chi connectivity index (χ2n) is 18.8. The first-order valence-electron chi connectivity index (χ1n) is 28.1. The minimum atomic E-state index is -0.809. The topological polar surface area (TPSA) is 95.9 Å². The van der Waals surface area contributed by atoms with Gasteiger partial charge in [-0.3, -0.25) is 9.59 Å². The average Bonchev–Trinajstić information content (AvgIpc) is 3.32. The van der Waals surface area contributed by atoms with E-state index in [-0.39, 0.29) is 24.9 Å². The van der Waals surface area contributed by atoms with Crippen molar-refractivity contribution in [1.29, 1.82) is 0 Å². The number of carbonyl (C=O) groups excluding carboxylic acids is 2. The highest BCUT2D eigenvalue weighted by Crippen LogP contribution is 2.17. The third-order valence-corrected chi connectivity index (χ3v) is 12.3. The van der Waals surface area contributed by atoms with Crippen LogP contribution >= 0.6 is 0 Å². The van der Waals surface area contributed by atoms with E-state index in [1.807, 2.05) is 54.7 Å². The number of esters is 1. The van der Waals surface area contributed by atoms with Crippen LogP contribution in [0.25, 0.3) is 0 Å². The van der Waals surface area contributed by atoms with Gasteiger partial charge in [0.2, 0.25) is 5.91 Å². The number of unbranched alkanes of at least 4 members (excludes halogenated alkanes) is 27. The molecule has 3 atom stereocenters. The largest absolute Gasteiger partial charge is 0.462 e. The monoisotopic (exact) mass is 932 g/mol. The van der Waals surface area contributed by atoms with E-state index in [9.17, 15) is 19.8 Å². The van der Waals surface area contributed by atoms with Crippen LogP contribution in [0.3, 0.4) is 0 Å². The lowest BCUT2D eigenvalue weighted by atomic mass is 10.0. The lowest BCUT2D eigenvalue weighted by molar-refractivity contribution is -0.151. The van der Waals surface area contributed by atoms with Gasteiger partial charge in [0.1, 0.15) is 6.10 Å². The fourth-order valence-corrected chi connectivity index (χ4v) is 8.10. The van der Waals surface area contributed by atoms with Crippen molar-refractivity contribution in [3.8, 4) is 0 Å². The van der Waals surface area contributed by atoms with Gasteiger partial charge in [-0.25, -0.2) is 0 Å². The smallest absolute Gasteiger partial charge is 0.306 e. The zero-order valence-electron chi connectivity index (χ0n) is 43.8. The van der Waals surface area contributed by atoms with Crippen LogP contribution in [0, 0.1) is 0 Å². The summed E-state index contributed by atoms with van der Waals surface area (Å²) in [6, 6.07) is -0.726. The Bertz CT molecular complexity index is 1320. The Morgan fingerprint density at radius 2 is 0.806 bits per heavy atom. The molecule has 67 heavy (non-hydrogen) atoms. The Balaban J connectivity index is 4.72. The van der Waals surface area contributed by atoms with Crippen molar-refractivity contribution in [1.82, 2.24) is 5.32 Å². The number of amides is 1. The molecule has 0 saturated carbocycles. The first-order valence-corrected chi connectivity index (χ1v) is 28.1. The molecule has 0 radical (unpaired) electrons. The molecule has 0 aromatic rings. The summed E-state index contributed by atoms with van der Waals surface area (Å²) in [4.78, 5) is 26.2. The predicted octanol–water partition coefficient (Wildman–Crippen LogP) is 17.3. The predicted molar refractivity (Wildman–Crippen MR) is 291 cm³/mol. The number of aliphatic hydroxyl groups excluding tert-OH is 2. The third-order valence-electron chi connectivity index (χ3n) is 12.3. The minimum Gasteiger partial charge on any atom is -0.462 e. The zero-order valence-corrected chi connectivity index (χ0v) is 43.8. The van der Waals surface area contributed by atoms with Crippen molar-refractivity contribution >= 4 is 11.9 Å². The molecule has 0 bridgehead atoms. The molecule has 0 aliphatic rings. The fourth-order valence-electron chi connectivity index (χ4n) is 8.10. The summed E-state index contributed by atoms with van der Waals surface area (Å²) in [5.41, 5.74) is 0. The van der Waals surface area contributed by atoms with Crippen LogP contribution in [0.1, 0.15) is 252 Å². The van der Waals surface area contributed by atoms with Crippen LogP contribution < -0.4 is 5.32 Å². The highest BCUT2D eigenvalue weighted by molar-refractivity contribution is 5.77. The second-order valence-corrected chi connectivity index (χ2v) is 18.8. The van der Waals surface area contributed by atoms with Gasteiger partial charge in [0, 0.05) is 6.42 Å². The van der Waals surface area contributed by atoms with Crippen molar-refractivity contribution in [2.75, 3.05) is 6.61 Å². The summed E-state index contributed by atoms with van der Waals surface area (Å²) in [7, 11) is 0. The van der Waals surface area contributed by atoms with Gasteiger partial charge in [-0.1, -0.05) is 266 Å². The molecule has 0 aromatic carbocycles. The van der Waals surface area contributed by atoms with E-state index < -0.39 is 18.2 Å². The number of ether oxygens (including phenoxy) is 1. The molecule has 3 unspecified atom stereocenters. The average molecular weight is 933 g/mol. The molecular formula is C61H105NO5. The number of carbonyl (C=O) groups is 2. The van der Waals surface area contributed by atoms with Crippen molar-refractivity contribution in [3.63, 3.8) is 0 Å². The summed E-state index contributed by atoms with van der Waals surface area (Å²) >= 11 is 0. The lowest BCUT2D eigenvalue weighted by Crippen LogP contribution is -2.46. The molecule has 384 valence electrons. The van der Waals surface area contributed by atoms with Gasteiger partial charge in [0.15, 0.2) is 0 Å². The van der Waals surface area contributed by atoms with E-state index in [0.29, 0.717) is 19.3 Å². The van der Waals surface area contributed by atoms with Crippen LogP contribution in [0.4, 0.5) is 0 Å². The van der Waals surface area contributed by atoms with Crippen LogP contribution in [-0.2, 0) is 14.3 Å². The second kappa shape index (κ2) is 53.7. The van der Waals surface area contributed by atoms with E-state index >= 15 is 0 Å². The van der Waals surface area contributed by atoms with Crippen LogP contribution in [0.5, 0.6) is 0 Å². The summed E-state index contributed by atoms with van der Waals surface area (Å²) in [6.45, 7) is 6.33. The van der Waals surface area contributed by atoms with E-state index in [0.717, 1.165) is 83.5 Å². The van der Waals surface area contributed by atoms with E-state index in [4.69, 9.17) is 4.74 Å². The van der Waals surface area contributed by atoms with Crippen molar-refractivity contribution in [2.45, 2.75) is 270 Å². The van der Waals surface area contributed by atoms with Crippen LogP contribution in [0.15, 0.2) is 97.2 Å². The Kier molecular flexibility index (Phi) is 51.1. The maximum Gasteiger partial charge on any atom is 0.306 e. The zero-order chi connectivity index (χ0) is 48.8. The molecule has 6 heteroatoms. The van der Waals surface area contributed by atoms with Crippen molar-refractivity contribution in [3.05, 3.63) is 97.2 Å². The normalized spacial score (nSPS) is 13.9. The molecule has 1 amide bonds. The molecule has 0 saturated heterocycles. The Hall–Kier alpha value is -3.22. The molecule has 0 aromatic heterocycles. The number of hydrogen-bond donors (Lipinski definition) is 3. The van der Waals surface area contributed by atoms with E-state index in [2.05, 4.69) is 68.6 Å². The Morgan fingerprint density at radius 1 is 0.448 bits per heavy atom. The number of rotatable bonds is 49. The highest BCUT2D eigenvalue weighted by Gasteiger charge is 2.24. The van der Waals surface area contributed by atoms with E-state index in [1.54, 1.807) is 0 Å². The molecule has 0 fully saturated rings. The standard InChI is InChI=1S/C61H105NO5/c1-4-7-10-13-16-19-22-25-28-30-33-36-39-42-45-48-51-54-61(66)67-57(52-49-46-43-40-37-34-32-29-26-23-20-17-14-11-8-5-2)55-60(65)62-58(56-63)59(64)53-50-47-44-41-38-35-31-27-24-21-18-15-12-9-6-3/h7,10,13,16,19,22,25,28-30,32-34,36-37,39,57-59,63-64H,4-6,8-9,11-12,14-15,17-18,20-21,23-24,26-27,31,35,38,40-56H2,1-3H3,(H,62,65)/b10-7-,16-13+,22-19+,28-25-,32-29+,33-30+,37-34+,39-36+. The van der Waals surface area contributed by atoms with Gasteiger partial charge in [-0.15, -0.1) is 0 Å². The van der Waals surface area contributed by atoms with Gasteiger partial charge in [0.25, 0.3) is 0 Å². The van der Waals surface area contributed by atoms with E-state index in [1.165, 1.54) is 122 Å². The molecule has 0 heterocycles. The number of aliphatic hydroxyl groups is 2. The molecule has 3 N–H and O–H groups in total. The summed E-state index contributed by atoms with van der Waals surface area (Å²) in [6.07, 6.45) is 71.8. The van der Waals surface area contributed by atoms with Crippen LogP contribution in [-0.4, -0.2) is 46.9 Å². The van der Waals surface area contributed by atoms with Gasteiger partial charge < -0.3 is 20.3 Å². The number of allylic oxidation sites excluding steroid dienone is 16. The summed E-state index contributed by atoms with van der Waals surface area (Å²) in [5, 5.41) is 23.9. The Labute approximate surface area is 414 Å².